The van der Waals surface area contributed by atoms with Crippen molar-refractivity contribution in [3.05, 3.63) is 113 Å². The second-order valence-corrected chi connectivity index (χ2v) is 11.5. The third-order valence-corrected chi connectivity index (χ3v) is 7.87. The first-order valence-corrected chi connectivity index (χ1v) is 14.4. The fourth-order valence-corrected chi connectivity index (χ4v) is 5.66. The number of aliphatic hydroxyl groups is 1. The molecule has 0 amide bonds. The van der Waals surface area contributed by atoms with Crippen LogP contribution in [0.3, 0.4) is 0 Å². The highest BCUT2D eigenvalue weighted by atomic mass is 16.5. The summed E-state index contributed by atoms with van der Waals surface area (Å²) < 4.78 is 6.37. The van der Waals surface area contributed by atoms with E-state index in [0.29, 0.717) is 17.6 Å². The minimum atomic E-state index is -0.862. The fraction of sp³-hybridized carbons (Fsp3) is 0.324. The van der Waals surface area contributed by atoms with Crippen LogP contribution in [-0.4, -0.2) is 17.2 Å². The molecule has 0 unspecified atom stereocenters. The molecule has 40 heavy (non-hydrogen) atoms. The van der Waals surface area contributed by atoms with E-state index in [1.807, 2.05) is 49.4 Å². The summed E-state index contributed by atoms with van der Waals surface area (Å²) in [5.41, 5.74) is 9.51. The number of carbonyl (C=O) groups is 1. The molecule has 4 rings (SSSR count). The van der Waals surface area contributed by atoms with Gasteiger partial charge in [-0.1, -0.05) is 120 Å². The highest BCUT2D eigenvalue weighted by Crippen LogP contribution is 2.47. The predicted molar refractivity (Wildman–Crippen MR) is 166 cm³/mol. The number of hydrogen-bond donors (Lipinski definition) is 1. The van der Waals surface area contributed by atoms with E-state index >= 15 is 0 Å². The molecule has 3 nitrogen and oxygen atoms in total. The predicted octanol–water partition coefficient (Wildman–Crippen LogP) is 9.34. The Balaban J connectivity index is 1.87. The molecular weight excluding hydrogens is 492 g/mol. The average molecular weight is 535 g/mol. The molecule has 4 aromatic rings. The number of benzene rings is 4. The van der Waals surface area contributed by atoms with Crippen molar-refractivity contribution in [1.82, 2.24) is 0 Å². The highest BCUT2D eigenvalue weighted by molar-refractivity contribution is 5.91. The Morgan fingerprint density at radius 2 is 1.15 bits per heavy atom. The molecule has 1 N–H and O–H groups in total. The lowest BCUT2D eigenvalue weighted by Gasteiger charge is -2.25. The molecule has 4 aromatic carbocycles. The zero-order chi connectivity index (χ0) is 29.0. The molecular formula is C37H42O3. The zero-order valence-electron chi connectivity index (χ0n) is 24.9. The maximum absolute atomic E-state index is 13.6. The number of aryl methyl sites for hydroxylation is 2. The maximum atomic E-state index is 13.6. The number of carbonyl (C=O) groups excluding carboxylic acids is 1. The summed E-state index contributed by atoms with van der Waals surface area (Å²) >= 11 is 0. The van der Waals surface area contributed by atoms with E-state index in [1.165, 1.54) is 11.1 Å². The molecule has 0 radical (unpaired) electrons. The summed E-state index contributed by atoms with van der Waals surface area (Å²) in [5.74, 6) is 0.520. The minimum Gasteiger partial charge on any atom is -0.425 e. The lowest BCUT2D eigenvalue weighted by Crippen LogP contribution is -2.23. The van der Waals surface area contributed by atoms with Gasteiger partial charge in [0.05, 0.1) is 12.5 Å². The van der Waals surface area contributed by atoms with E-state index in [1.54, 1.807) is 0 Å². The van der Waals surface area contributed by atoms with Crippen LogP contribution >= 0.6 is 0 Å². The molecule has 0 saturated heterocycles. The Morgan fingerprint density at radius 3 is 1.62 bits per heavy atom. The van der Waals surface area contributed by atoms with E-state index in [2.05, 4.69) is 84.0 Å². The molecule has 0 fully saturated rings. The van der Waals surface area contributed by atoms with Crippen LogP contribution in [0.15, 0.2) is 84.9 Å². The molecule has 0 aliphatic rings. The first-order chi connectivity index (χ1) is 19.1. The molecule has 0 heterocycles. The third kappa shape index (κ3) is 6.21. The van der Waals surface area contributed by atoms with Gasteiger partial charge < -0.3 is 9.84 Å². The van der Waals surface area contributed by atoms with Crippen molar-refractivity contribution in [3.8, 4) is 28.0 Å². The molecule has 0 aromatic heterocycles. The maximum Gasteiger partial charge on any atom is 0.313 e. The molecule has 3 heteroatoms. The second-order valence-electron chi connectivity index (χ2n) is 11.5. The number of rotatable bonds is 9. The van der Waals surface area contributed by atoms with Gasteiger partial charge in [0.25, 0.3) is 0 Å². The van der Waals surface area contributed by atoms with Crippen molar-refractivity contribution in [2.75, 3.05) is 0 Å². The van der Waals surface area contributed by atoms with Gasteiger partial charge in [0.2, 0.25) is 0 Å². The van der Waals surface area contributed by atoms with Crippen LogP contribution in [0.5, 0.6) is 5.75 Å². The van der Waals surface area contributed by atoms with E-state index in [0.717, 1.165) is 38.9 Å². The van der Waals surface area contributed by atoms with Crippen molar-refractivity contribution in [2.45, 2.75) is 78.7 Å². The number of esters is 1. The summed E-state index contributed by atoms with van der Waals surface area (Å²) in [4.78, 5) is 13.6. The van der Waals surface area contributed by atoms with Crippen LogP contribution in [-0.2, 0) is 4.79 Å². The van der Waals surface area contributed by atoms with Crippen molar-refractivity contribution < 1.29 is 14.6 Å². The SMILES string of the molecule is Cc1cc(C)c(-c2ccccc2C(C)C)c(OC(=O)C[C@@H](O)[C@@H](C)c2ccccc2)c1-c1ccccc1C(C)C. The number of hydrogen-bond acceptors (Lipinski definition) is 3. The van der Waals surface area contributed by atoms with Gasteiger partial charge >= 0.3 is 5.97 Å². The van der Waals surface area contributed by atoms with Crippen LogP contribution < -0.4 is 4.74 Å². The van der Waals surface area contributed by atoms with Crippen LogP contribution in [0.2, 0.25) is 0 Å². The van der Waals surface area contributed by atoms with Gasteiger partial charge in [-0.3, -0.25) is 4.79 Å². The van der Waals surface area contributed by atoms with Crippen molar-refractivity contribution >= 4 is 5.97 Å². The molecule has 0 saturated carbocycles. The van der Waals surface area contributed by atoms with E-state index in [9.17, 15) is 9.90 Å². The lowest BCUT2D eigenvalue weighted by molar-refractivity contribution is -0.136. The van der Waals surface area contributed by atoms with Gasteiger partial charge in [-0.25, -0.2) is 0 Å². The monoisotopic (exact) mass is 534 g/mol. The van der Waals surface area contributed by atoms with Crippen LogP contribution in [0.4, 0.5) is 0 Å². The third-order valence-electron chi connectivity index (χ3n) is 7.87. The van der Waals surface area contributed by atoms with E-state index < -0.39 is 12.1 Å². The average Bonchev–Trinajstić information content (AvgIpc) is 2.93. The Bertz CT molecular complexity index is 1390. The molecule has 208 valence electrons. The first-order valence-electron chi connectivity index (χ1n) is 14.4. The minimum absolute atomic E-state index is 0.0976. The Hall–Kier alpha value is -3.69. The Morgan fingerprint density at radius 1 is 0.700 bits per heavy atom. The Kier molecular flexibility index (Phi) is 9.27. The van der Waals surface area contributed by atoms with Gasteiger partial charge in [-0.2, -0.15) is 0 Å². The van der Waals surface area contributed by atoms with Gasteiger partial charge in [0.1, 0.15) is 5.75 Å². The van der Waals surface area contributed by atoms with Crippen LogP contribution in [0.1, 0.15) is 86.6 Å². The normalized spacial score (nSPS) is 12.9. The molecule has 2 atom stereocenters. The molecule has 0 aliphatic heterocycles. The summed E-state index contributed by atoms with van der Waals surface area (Å²) in [5, 5.41) is 11.0. The number of aliphatic hydroxyl groups excluding tert-OH is 1. The van der Waals surface area contributed by atoms with E-state index in [4.69, 9.17) is 4.74 Å². The summed E-state index contributed by atoms with van der Waals surface area (Å²) in [6.07, 6.45) is -0.960. The quantitative estimate of drug-likeness (QED) is 0.172. The van der Waals surface area contributed by atoms with Crippen molar-refractivity contribution in [2.24, 2.45) is 0 Å². The zero-order valence-corrected chi connectivity index (χ0v) is 24.9. The second kappa shape index (κ2) is 12.7. The van der Waals surface area contributed by atoms with Gasteiger partial charge in [0, 0.05) is 17.0 Å². The van der Waals surface area contributed by atoms with Gasteiger partial charge in [-0.15, -0.1) is 0 Å². The summed E-state index contributed by atoms with van der Waals surface area (Å²) in [6, 6.07) is 28.7. The largest absolute Gasteiger partial charge is 0.425 e. The fourth-order valence-electron chi connectivity index (χ4n) is 5.66. The van der Waals surface area contributed by atoms with Crippen molar-refractivity contribution in [3.63, 3.8) is 0 Å². The lowest BCUT2D eigenvalue weighted by atomic mass is 9.84. The Labute approximate surface area is 239 Å². The van der Waals surface area contributed by atoms with Gasteiger partial charge in [0.15, 0.2) is 0 Å². The van der Waals surface area contributed by atoms with Crippen molar-refractivity contribution in [1.29, 1.82) is 0 Å². The molecule has 0 aliphatic carbocycles. The van der Waals surface area contributed by atoms with Gasteiger partial charge in [-0.05, 0) is 64.6 Å². The summed E-state index contributed by atoms with van der Waals surface area (Å²) in [7, 11) is 0. The standard InChI is InChI=1S/C37H42O3/c1-23(2)29-17-11-13-19-31(29)35-25(5)21-26(6)36(32-20-14-12-18-30(32)24(3)4)37(35)40-34(39)22-33(38)27(7)28-15-9-8-10-16-28/h8-21,23-24,27,33,38H,22H2,1-7H3/t27-,33+/m0/s1. The van der Waals surface area contributed by atoms with Crippen LogP contribution in [0.25, 0.3) is 22.3 Å². The molecule has 0 spiro atoms. The highest BCUT2D eigenvalue weighted by Gasteiger charge is 2.27. The topological polar surface area (TPSA) is 46.5 Å². The first kappa shape index (κ1) is 29.3. The number of ether oxygens (including phenoxy) is 1. The van der Waals surface area contributed by atoms with Crippen LogP contribution in [0, 0.1) is 13.8 Å². The van der Waals surface area contributed by atoms with E-state index in [-0.39, 0.29) is 12.3 Å². The molecule has 0 bridgehead atoms. The summed E-state index contributed by atoms with van der Waals surface area (Å²) in [6.45, 7) is 14.9. The smallest absolute Gasteiger partial charge is 0.313 e.